The topological polar surface area (TPSA) is 42.0 Å². The lowest BCUT2D eigenvalue weighted by Crippen LogP contribution is -2.10. The van der Waals surface area contributed by atoms with Crippen molar-refractivity contribution in [1.29, 1.82) is 0 Å². The van der Waals surface area contributed by atoms with E-state index in [0.717, 1.165) is 16.3 Å². The number of carbonyl (C=O) groups is 1. The molecule has 0 saturated carbocycles. The number of nitrogens with zero attached hydrogens (tertiary/aromatic N) is 1. The molecule has 0 aliphatic carbocycles. The lowest BCUT2D eigenvalue weighted by molar-refractivity contribution is 0.102. The van der Waals surface area contributed by atoms with Crippen LogP contribution in [-0.2, 0) is 6.42 Å². The molecule has 2 heterocycles. The van der Waals surface area contributed by atoms with Gasteiger partial charge in [0.2, 0.25) is 0 Å². The van der Waals surface area contributed by atoms with E-state index in [9.17, 15) is 4.79 Å². The van der Waals surface area contributed by atoms with Crippen LogP contribution in [0.2, 0.25) is 5.02 Å². The van der Waals surface area contributed by atoms with E-state index in [1.54, 1.807) is 12.3 Å². The number of halogens is 1. The van der Waals surface area contributed by atoms with E-state index < -0.39 is 0 Å². The minimum Gasteiger partial charge on any atom is -0.298 e. The number of thiophene rings is 1. The molecule has 106 valence electrons. The van der Waals surface area contributed by atoms with Gasteiger partial charge < -0.3 is 0 Å². The predicted octanol–water partition coefficient (Wildman–Crippen LogP) is 4.70. The van der Waals surface area contributed by atoms with Gasteiger partial charge in [0.05, 0.1) is 5.56 Å². The molecule has 1 amide bonds. The summed E-state index contributed by atoms with van der Waals surface area (Å²) in [6, 6.07) is 9.52. The third-order valence-corrected chi connectivity index (χ3v) is 4.70. The zero-order chi connectivity index (χ0) is 14.7. The Morgan fingerprint density at radius 1 is 1.24 bits per heavy atom. The maximum Gasteiger partial charge on any atom is 0.258 e. The van der Waals surface area contributed by atoms with Crippen LogP contribution in [0.5, 0.6) is 0 Å². The van der Waals surface area contributed by atoms with Gasteiger partial charge in [-0.2, -0.15) is 11.3 Å². The van der Waals surface area contributed by atoms with E-state index in [2.05, 4.69) is 10.3 Å². The highest BCUT2D eigenvalue weighted by Crippen LogP contribution is 2.22. The van der Waals surface area contributed by atoms with Crippen LogP contribution in [0.3, 0.4) is 0 Å². The number of benzene rings is 1. The van der Waals surface area contributed by atoms with Crippen molar-refractivity contribution in [3.8, 4) is 0 Å². The third-order valence-electron chi connectivity index (χ3n) is 2.85. The first kappa shape index (κ1) is 14.3. The van der Waals surface area contributed by atoms with Crippen molar-refractivity contribution in [2.24, 2.45) is 0 Å². The Kier molecular flexibility index (Phi) is 4.34. The molecule has 0 aliphatic heterocycles. The second-order valence-electron chi connectivity index (χ2n) is 4.40. The summed E-state index contributed by atoms with van der Waals surface area (Å²) >= 11 is 8.85. The monoisotopic (exact) mass is 334 g/mol. The first-order valence-corrected chi connectivity index (χ1v) is 8.37. The average Bonchev–Trinajstić information content (AvgIpc) is 3.13. The van der Waals surface area contributed by atoms with Gasteiger partial charge in [-0.1, -0.05) is 23.7 Å². The maximum absolute atomic E-state index is 11.9. The summed E-state index contributed by atoms with van der Waals surface area (Å²) in [6.45, 7) is 0. The van der Waals surface area contributed by atoms with E-state index in [4.69, 9.17) is 11.6 Å². The molecule has 6 heteroatoms. The number of amides is 1. The van der Waals surface area contributed by atoms with Crippen LogP contribution in [0.15, 0.2) is 47.3 Å². The normalized spacial score (nSPS) is 10.5. The van der Waals surface area contributed by atoms with Crippen LogP contribution in [0.1, 0.15) is 20.8 Å². The second-order valence-corrected chi connectivity index (χ2v) is 6.73. The van der Waals surface area contributed by atoms with E-state index in [1.807, 2.05) is 35.0 Å². The lowest BCUT2D eigenvalue weighted by atomic mass is 10.1. The number of rotatable bonds is 4. The van der Waals surface area contributed by atoms with Crippen LogP contribution in [0, 0.1) is 0 Å². The Hall–Kier alpha value is -1.69. The summed E-state index contributed by atoms with van der Waals surface area (Å²) in [4.78, 5) is 17.3. The molecule has 3 nitrogen and oxygen atoms in total. The van der Waals surface area contributed by atoms with Gasteiger partial charge in [0, 0.05) is 27.9 Å². The third kappa shape index (κ3) is 3.69. The maximum atomic E-state index is 11.9. The Labute approximate surface area is 135 Å². The SMILES string of the molecule is O=C(Nc1ncc(Cc2ccc(Cl)cc2)s1)c1ccsc1. The van der Waals surface area contributed by atoms with Gasteiger partial charge >= 0.3 is 0 Å². The van der Waals surface area contributed by atoms with Crippen molar-refractivity contribution in [3.63, 3.8) is 0 Å². The molecular weight excluding hydrogens is 324 g/mol. The highest BCUT2D eigenvalue weighted by molar-refractivity contribution is 7.15. The van der Waals surface area contributed by atoms with Gasteiger partial charge in [-0.3, -0.25) is 10.1 Å². The number of aromatic nitrogens is 1. The molecule has 0 bridgehead atoms. The molecule has 2 aromatic heterocycles. The summed E-state index contributed by atoms with van der Waals surface area (Å²) in [5.74, 6) is -0.122. The van der Waals surface area contributed by atoms with Gasteiger partial charge in [0.15, 0.2) is 5.13 Å². The molecule has 0 unspecified atom stereocenters. The molecule has 3 rings (SSSR count). The summed E-state index contributed by atoms with van der Waals surface area (Å²) in [5.41, 5.74) is 1.83. The van der Waals surface area contributed by atoms with Crippen LogP contribution in [0.4, 0.5) is 5.13 Å². The molecule has 0 aliphatic rings. The Morgan fingerprint density at radius 2 is 2.05 bits per heavy atom. The highest BCUT2D eigenvalue weighted by atomic mass is 35.5. The number of hydrogen-bond acceptors (Lipinski definition) is 4. The first-order valence-electron chi connectivity index (χ1n) is 6.23. The van der Waals surface area contributed by atoms with Crippen molar-refractivity contribution in [3.05, 3.63) is 68.3 Å². The summed E-state index contributed by atoms with van der Waals surface area (Å²) < 4.78 is 0. The molecule has 1 aromatic carbocycles. The van der Waals surface area contributed by atoms with E-state index in [0.29, 0.717) is 10.7 Å². The zero-order valence-electron chi connectivity index (χ0n) is 10.9. The van der Waals surface area contributed by atoms with Gasteiger partial charge in [-0.25, -0.2) is 4.98 Å². The molecule has 0 fully saturated rings. The number of thiazole rings is 1. The van der Waals surface area contributed by atoms with Crippen molar-refractivity contribution >= 4 is 45.3 Å². The number of hydrogen-bond donors (Lipinski definition) is 1. The van der Waals surface area contributed by atoms with Crippen molar-refractivity contribution < 1.29 is 4.79 Å². The average molecular weight is 335 g/mol. The van der Waals surface area contributed by atoms with Crippen molar-refractivity contribution in [2.45, 2.75) is 6.42 Å². The number of nitrogens with one attached hydrogen (secondary N) is 1. The van der Waals surface area contributed by atoms with Gasteiger partial charge in [0.1, 0.15) is 0 Å². The minimum absolute atomic E-state index is 0.122. The fourth-order valence-corrected chi connectivity index (χ4v) is 3.42. The van der Waals surface area contributed by atoms with Crippen LogP contribution in [-0.4, -0.2) is 10.9 Å². The largest absolute Gasteiger partial charge is 0.298 e. The fourth-order valence-electron chi connectivity index (χ4n) is 1.81. The van der Waals surface area contributed by atoms with E-state index in [1.165, 1.54) is 28.2 Å². The zero-order valence-corrected chi connectivity index (χ0v) is 13.3. The molecule has 0 spiro atoms. The molecule has 3 aromatic rings. The molecule has 21 heavy (non-hydrogen) atoms. The van der Waals surface area contributed by atoms with Crippen LogP contribution < -0.4 is 5.32 Å². The summed E-state index contributed by atoms with van der Waals surface area (Å²) in [7, 11) is 0. The van der Waals surface area contributed by atoms with Gasteiger partial charge in [0.25, 0.3) is 5.91 Å². The quantitative estimate of drug-likeness (QED) is 0.751. The van der Waals surface area contributed by atoms with Crippen LogP contribution >= 0.6 is 34.3 Å². The Bertz CT molecular complexity index is 735. The van der Waals surface area contributed by atoms with E-state index >= 15 is 0 Å². The second kappa shape index (κ2) is 6.39. The summed E-state index contributed by atoms with van der Waals surface area (Å²) in [6.07, 6.45) is 2.58. The fraction of sp³-hybridized carbons (Fsp3) is 0.0667. The van der Waals surface area contributed by atoms with Gasteiger partial charge in [-0.15, -0.1) is 11.3 Å². The smallest absolute Gasteiger partial charge is 0.258 e. The number of anilines is 1. The standard InChI is InChI=1S/C15H11ClN2OS2/c16-12-3-1-10(2-4-12)7-13-8-17-15(21-13)18-14(19)11-5-6-20-9-11/h1-6,8-9H,7H2,(H,17,18,19). The molecule has 0 radical (unpaired) electrons. The van der Waals surface area contributed by atoms with E-state index in [-0.39, 0.29) is 5.91 Å². The number of carbonyl (C=O) groups excluding carboxylic acids is 1. The Balaban J connectivity index is 1.66. The molecular formula is C15H11ClN2OS2. The predicted molar refractivity (Wildman–Crippen MR) is 88.6 cm³/mol. The highest BCUT2D eigenvalue weighted by Gasteiger charge is 2.09. The molecule has 0 atom stereocenters. The van der Waals surface area contributed by atoms with Crippen molar-refractivity contribution in [1.82, 2.24) is 4.98 Å². The minimum atomic E-state index is -0.122. The summed E-state index contributed by atoms with van der Waals surface area (Å²) in [5, 5.41) is 7.86. The Morgan fingerprint density at radius 3 is 2.76 bits per heavy atom. The van der Waals surface area contributed by atoms with Crippen LogP contribution in [0.25, 0.3) is 0 Å². The van der Waals surface area contributed by atoms with Gasteiger partial charge in [-0.05, 0) is 29.1 Å². The molecule has 0 saturated heterocycles. The van der Waals surface area contributed by atoms with Crippen molar-refractivity contribution in [2.75, 3.05) is 5.32 Å². The first-order chi connectivity index (χ1) is 10.2. The lowest BCUT2D eigenvalue weighted by Gasteiger charge is -1.99. The molecule has 1 N–H and O–H groups in total.